The second kappa shape index (κ2) is 3.49. The summed E-state index contributed by atoms with van der Waals surface area (Å²) in [5.74, 6) is 0. The van der Waals surface area contributed by atoms with Crippen LogP contribution in [0.3, 0.4) is 0 Å². The van der Waals surface area contributed by atoms with Crippen LogP contribution in [0.4, 0.5) is 4.79 Å². The number of para-hydroxylation sites is 1. The Kier molecular flexibility index (Phi) is 2.09. The number of urea groups is 1. The topological polar surface area (TPSA) is 71.5 Å². The van der Waals surface area contributed by atoms with E-state index in [4.69, 9.17) is 5.73 Å². The molecule has 5 heteroatoms. The van der Waals surface area contributed by atoms with Gasteiger partial charge in [0.2, 0.25) is 0 Å². The lowest BCUT2D eigenvalue weighted by Crippen LogP contribution is -2.37. The lowest BCUT2D eigenvalue weighted by molar-refractivity contribution is -0.0955. The van der Waals surface area contributed by atoms with Crippen molar-refractivity contribution < 1.29 is 10.0 Å². The first-order valence-corrected chi connectivity index (χ1v) is 5.55. The fraction of sp³-hybridized carbons (Fsp3) is 0.250. The molecular formula is C12H13N3O2. The van der Waals surface area contributed by atoms with Gasteiger partial charge in [-0.05, 0) is 30.4 Å². The molecule has 88 valence electrons. The summed E-state index contributed by atoms with van der Waals surface area (Å²) in [5, 5.41) is 11.4. The van der Waals surface area contributed by atoms with E-state index in [0.717, 1.165) is 23.0 Å². The number of carbonyl (C=O) groups is 1. The molecule has 0 saturated heterocycles. The van der Waals surface area contributed by atoms with Gasteiger partial charge in [0.1, 0.15) is 6.17 Å². The summed E-state index contributed by atoms with van der Waals surface area (Å²) in [5.41, 5.74) is 7.25. The van der Waals surface area contributed by atoms with Crippen LogP contribution < -0.4 is 5.73 Å². The van der Waals surface area contributed by atoms with Crippen LogP contribution in [0, 0.1) is 0 Å². The van der Waals surface area contributed by atoms with Gasteiger partial charge in [-0.15, -0.1) is 0 Å². The summed E-state index contributed by atoms with van der Waals surface area (Å²) in [7, 11) is 0. The highest BCUT2D eigenvalue weighted by Crippen LogP contribution is 2.34. The molecule has 0 aliphatic carbocycles. The highest BCUT2D eigenvalue weighted by atomic mass is 16.5. The summed E-state index contributed by atoms with van der Waals surface area (Å²) in [4.78, 5) is 11.0. The Balaban J connectivity index is 2.14. The number of nitrogens with two attached hydrogens (primary N) is 1. The number of hydroxylamine groups is 2. The fourth-order valence-corrected chi connectivity index (χ4v) is 2.56. The van der Waals surface area contributed by atoms with Gasteiger partial charge in [0.15, 0.2) is 0 Å². The Morgan fingerprint density at radius 2 is 2.24 bits per heavy atom. The van der Waals surface area contributed by atoms with Gasteiger partial charge < -0.3 is 10.3 Å². The zero-order valence-electron chi connectivity index (χ0n) is 9.21. The number of hydrogen-bond acceptors (Lipinski definition) is 2. The normalized spacial score (nSPS) is 18.3. The number of aromatic nitrogens is 1. The molecule has 3 rings (SSSR count). The molecule has 5 nitrogen and oxygen atoms in total. The summed E-state index contributed by atoms with van der Waals surface area (Å²) >= 11 is 0. The average Bonchev–Trinajstić information content (AvgIpc) is 2.86. The Labute approximate surface area is 98.0 Å². The number of hydrogen-bond donors (Lipinski definition) is 2. The van der Waals surface area contributed by atoms with Crippen LogP contribution in [0.15, 0.2) is 30.3 Å². The quantitative estimate of drug-likeness (QED) is 0.580. The van der Waals surface area contributed by atoms with Gasteiger partial charge in [-0.1, -0.05) is 18.2 Å². The van der Waals surface area contributed by atoms with E-state index >= 15 is 0 Å². The first-order chi connectivity index (χ1) is 8.18. The Morgan fingerprint density at radius 1 is 1.47 bits per heavy atom. The predicted octanol–water partition coefficient (Wildman–Crippen LogP) is 1.86. The fourth-order valence-electron chi connectivity index (χ4n) is 2.56. The number of carbonyl (C=O) groups excluding carboxylic acids is 1. The van der Waals surface area contributed by atoms with E-state index in [1.54, 1.807) is 0 Å². The largest absolute Gasteiger partial charge is 0.350 e. The molecule has 2 aromatic rings. The van der Waals surface area contributed by atoms with Crippen molar-refractivity contribution in [2.75, 3.05) is 0 Å². The molecule has 2 heterocycles. The van der Waals surface area contributed by atoms with E-state index in [2.05, 4.69) is 6.07 Å². The highest BCUT2D eigenvalue weighted by Gasteiger charge is 2.30. The number of rotatable bonds is 1. The Morgan fingerprint density at radius 3 is 3.00 bits per heavy atom. The minimum atomic E-state index is -0.819. The van der Waals surface area contributed by atoms with Gasteiger partial charge >= 0.3 is 6.03 Å². The SMILES string of the molecule is NC(=O)N(O)C1CCc2cc3ccccc3n21. The highest BCUT2D eigenvalue weighted by molar-refractivity contribution is 5.82. The van der Waals surface area contributed by atoms with Crippen LogP contribution in [0.5, 0.6) is 0 Å². The summed E-state index contributed by atoms with van der Waals surface area (Å²) in [6.45, 7) is 0. The number of amides is 2. The van der Waals surface area contributed by atoms with Crippen LogP contribution in [0.1, 0.15) is 18.3 Å². The second-order valence-corrected chi connectivity index (χ2v) is 4.27. The van der Waals surface area contributed by atoms with Crippen molar-refractivity contribution in [1.82, 2.24) is 9.63 Å². The summed E-state index contributed by atoms with van der Waals surface area (Å²) in [6, 6.07) is 9.18. The third-order valence-electron chi connectivity index (χ3n) is 3.29. The number of benzene rings is 1. The minimum Gasteiger partial charge on any atom is -0.350 e. The summed E-state index contributed by atoms with van der Waals surface area (Å²) in [6.07, 6.45) is 1.14. The third kappa shape index (κ3) is 1.39. The molecule has 2 amide bonds. The smallest absolute Gasteiger partial charge is 0.340 e. The van der Waals surface area contributed by atoms with Crippen LogP contribution in [0.2, 0.25) is 0 Å². The molecule has 1 aliphatic rings. The molecule has 1 aromatic heterocycles. The van der Waals surface area contributed by atoms with Gasteiger partial charge in [0, 0.05) is 5.69 Å². The zero-order chi connectivity index (χ0) is 12.0. The van der Waals surface area contributed by atoms with Crippen LogP contribution >= 0.6 is 0 Å². The van der Waals surface area contributed by atoms with Crippen LogP contribution in [0.25, 0.3) is 10.9 Å². The molecule has 0 saturated carbocycles. The van der Waals surface area contributed by atoms with Crippen molar-refractivity contribution in [1.29, 1.82) is 0 Å². The molecule has 1 atom stereocenters. The van der Waals surface area contributed by atoms with E-state index in [1.165, 1.54) is 0 Å². The molecule has 0 fully saturated rings. The first kappa shape index (κ1) is 10.2. The number of aryl methyl sites for hydroxylation is 1. The van der Waals surface area contributed by atoms with E-state index in [-0.39, 0.29) is 6.17 Å². The van der Waals surface area contributed by atoms with Crippen molar-refractivity contribution in [3.8, 4) is 0 Å². The van der Waals surface area contributed by atoms with E-state index in [9.17, 15) is 10.0 Å². The average molecular weight is 231 g/mol. The van der Waals surface area contributed by atoms with Gasteiger partial charge in [0.05, 0.1) is 5.52 Å². The molecule has 0 spiro atoms. The maximum Gasteiger partial charge on any atom is 0.340 e. The molecule has 1 aliphatic heterocycles. The number of primary amides is 1. The molecule has 0 radical (unpaired) electrons. The van der Waals surface area contributed by atoms with Crippen molar-refractivity contribution in [3.63, 3.8) is 0 Å². The second-order valence-electron chi connectivity index (χ2n) is 4.27. The van der Waals surface area contributed by atoms with Crippen molar-refractivity contribution in [2.24, 2.45) is 5.73 Å². The molecule has 3 N–H and O–H groups in total. The molecule has 1 aromatic carbocycles. The Bertz CT molecular complexity index is 590. The van der Waals surface area contributed by atoms with Crippen LogP contribution in [-0.4, -0.2) is 20.9 Å². The minimum absolute atomic E-state index is 0.387. The first-order valence-electron chi connectivity index (χ1n) is 5.55. The lowest BCUT2D eigenvalue weighted by atomic mass is 10.2. The van der Waals surface area contributed by atoms with Gasteiger partial charge in [-0.2, -0.15) is 5.06 Å². The van der Waals surface area contributed by atoms with Gasteiger partial charge in [0.25, 0.3) is 0 Å². The monoisotopic (exact) mass is 231 g/mol. The predicted molar refractivity (Wildman–Crippen MR) is 62.5 cm³/mol. The van der Waals surface area contributed by atoms with Crippen LogP contribution in [-0.2, 0) is 6.42 Å². The maximum absolute atomic E-state index is 11.0. The third-order valence-corrected chi connectivity index (χ3v) is 3.29. The maximum atomic E-state index is 11.0. The summed E-state index contributed by atoms with van der Waals surface area (Å²) < 4.78 is 1.97. The van der Waals surface area contributed by atoms with Gasteiger partial charge in [-0.25, -0.2) is 4.79 Å². The standard InChI is InChI=1S/C12H13N3O2/c13-12(16)15(17)11-6-5-9-7-8-3-1-2-4-10(8)14(9)11/h1-4,7,11,17H,5-6H2,(H2,13,16). The van der Waals surface area contributed by atoms with Crippen molar-refractivity contribution in [3.05, 3.63) is 36.0 Å². The van der Waals surface area contributed by atoms with Crippen molar-refractivity contribution in [2.45, 2.75) is 19.0 Å². The Hall–Kier alpha value is -2.01. The number of nitrogens with zero attached hydrogens (tertiary/aromatic N) is 2. The lowest BCUT2D eigenvalue weighted by Gasteiger charge is -2.22. The molecule has 17 heavy (non-hydrogen) atoms. The van der Waals surface area contributed by atoms with E-state index < -0.39 is 6.03 Å². The zero-order valence-corrected chi connectivity index (χ0v) is 9.21. The molecule has 0 bridgehead atoms. The molecule has 1 unspecified atom stereocenters. The van der Waals surface area contributed by atoms with Gasteiger partial charge in [-0.3, -0.25) is 5.21 Å². The molecular weight excluding hydrogens is 218 g/mol. The van der Waals surface area contributed by atoms with E-state index in [0.29, 0.717) is 11.5 Å². The number of fused-ring (bicyclic) bond motifs is 3. The van der Waals surface area contributed by atoms with E-state index in [1.807, 2.05) is 28.8 Å². The van der Waals surface area contributed by atoms with Crippen molar-refractivity contribution >= 4 is 16.9 Å².